The van der Waals surface area contributed by atoms with Crippen molar-refractivity contribution >= 4 is 34.1 Å². The van der Waals surface area contributed by atoms with Gasteiger partial charge in [-0.1, -0.05) is 48.5 Å². The van der Waals surface area contributed by atoms with Gasteiger partial charge in [0.25, 0.3) is 0 Å². The number of aromatic nitrogens is 4. The van der Waals surface area contributed by atoms with Crippen molar-refractivity contribution < 1.29 is 9.59 Å². The van der Waals surface area contributed by atoms with E-state index in [1.165, 1.54) is 6.33 Å². The van der Waals surface area contributed by atoms with Crippen molar-refractivity contribution in [3.63, 3.8) is 0 Å². The summed E-state index contributed by atoms with van der Waals surface area (Å²) in [5.41, 5.74) is 4.49. The minimum atomic E-state index is -0.102. The predicted molar refractivity (Wildman–Crippen MR) is 135 cm³/mol. The Morgan fingerprint density at radius 1 is 0.886 bits per heavy atom. The maximum atomic E-state index is 13.1. The Balaban J connectivity index is 1.29. The molecular weight excluding hydrogens is 438 g/mol. The van der Waals surface area contributed by atoms with Gasteiger partial charge in [-0.2, -0.15) is 0 Å². The van der Waals surface area contributed by atoms with Crippen LogP contribution < -0.4 is 5.32 Å². The van der Waals surface area contributed by atoms with Crippen LogP contribution in [-0.2, 0) is 17.6 Å². The first-order valence-electron chi connectivity index (χ1n) is 11.4. The van der Waals surface area contributed by atoms with E-state index in [4.69, 9.17) is 0 Å². The van der Waals surface area contributed by atoms with Gasteiger partial charge in [-0.25, -0.2) is 9.97 Å². The number of hydrogen-bond donors (Lipinski definition) is 2. The number of H-pyrrole nitrogens is 1. The van der Waals surface area contributed by atoms with Crippen LogP contribution in [0.1, 0.15) is 33.5 Å². The lowest BCUT2D eigenvalue weighted by molar-refractivity contribution is -0.118. The second kappa shape index (κ2) is 10.1. The summed E-state index contributed by atoms with van der Waals surface area (Å²) in [7, 11) is 0. The summed E-state index contributed by atoms with van der Waals surface area (Å²) in [6, 6.07) is 20.6. The van der Waals surface area contributed by atoms with E-state index in [1.54, 1.807) is 30.7 Å². The minimum absolute atomic E-state index is 0.102. The topological polar surface area (TPSA) is 101 Å². The number of fused-ring (bicyclic) bond motifs is 1. The summed E-state index contributed by atoms with van der Waals surface area (Å²) < 4.78 is 0. The van der Waals surface area contributed by atoms with Gasteiger partial charge in [0.1, 0.15) is 23.6 Å². The van der Waals surface area contributed by atoms with E-state index in [1.807, 2.05) is 54.6 Å². The van der Waals surface area contributed by atoms with Crippen molar-refractivity contribution in [2.45, 2.75) is 19.3 Å². The molecule has 7 heteroatoms. The van der Waals surface area contributed by atoms with E-state index in [9.17, 15) is 9.59 Å². The van der Waals surface area contributed by atoms with Gasteiger partial charge in [0, 0.05) is 42.7 Å². The number of rotatable bonds is 9. The van der Waals surface area contributed by atoms with Crippen LogP contribution >= 0.6 is 0 Å². The summed E-state index contributed by atoms with van der Waals surface area (Å²) in [4.78, 5) is 41.3. The Labute approximate surface area is 202 Å². The summed E-state index contributed by atoms with van der Waals surface area (Å²) in [5.74, 6) is 0.620. The average Bonchev–Trinajstić information content (AvgIpc) is 3.35. The first-order valence-corrected chi connectivity index (χ1v) is 11.4. The molecule has 0 spiro atoms. The Hall–Kier alpha value is -4.65. The number of pyridine rings is 1. The third kappa shape index (κ3) is 5.14. The molecule has 0 bridgehead atoms. The number of aryl methyl sites for hydroxylation is 1. The molecule has 2 N–H and O–H groups in total. The third-order valence-electron chi connectivity index (χ3n) is 5.78. The van der Waals surface area contributed by atoms with Crippen LogP contribution in [0.2, 0.25) is 0 Å². The fourth-order valence-electron chi connectivity index (χ4n) is 3.97. The number of nitrogens with one attached hydrogen (secondary N) is 2. The van der Waals surface area contributed by atoms with E-state index < -0.39 is 0 Å². The number of Topliss-reactive ketones (excluding diaryl/α,β-unsaturated/α-hetero) is 1. The third-order valence-corrected chi connectivity index (χ3v) is 5.78. The summed E-state index contributed by atoms with van der Waals surface area (Å²) in [5, 5.41) is 3.93. The Kier molecular flexibility index (Phi) is 6.39. The molecule has 5 aromatic rings. The fraction of sp³-hybridized carbons (Fsp3) is 0.107. The molecule has 0 aliphatic rings. The van der Waals surface area contributed by atoms with Crippen LogP contribution in [0.15, 0.2) is 91.6 Å². The molecule has 0 aliphatic carbocycles. The highest BCUT2D eigenvalue weighted by molar-refractivity contribution is 6.18. The summed E-state index contributed by atoms with van der Waals surface area (Å²) in [6.45, 7) is 0. The molecule has 0 saturated heterocycles. The summed E-state index contributed by atoms with van der Waals surface area (Å²) >= 11 is 0. The molecular formula is C28H23N5O2. The van der Waals surface area contributed by atoms with Crippen LogP contribution in [0.5, 0.6) is 0 Å². The van der Waals surface area contributed by atoms with Crippen molar-refractivity contribution in [3.8, 4) is 0 Å². The van der Waals surface area contributed by atoms with Crippen LogP contribution in [0.25, 0.3) is 11.0 Å². The highest BCUT2D eigenvalue weighted by Gasteiger charge is 2.18. The van der Waals surface area contributed by atoms with Crippen molar-refractivity contribution in [1.82, 2.24) is 19.9 Å². The van der Waals surface area contributed by atoms with Gasteiger partial charge >= 0.3 is 0 Å². The van der Waals surface area contributed by atoms with Crippen molar-refractivity contribution in [3.05, 3.63) is 114 Å². The molecule has 0 aliphatic heterocycles. The van der Waals surface area contributed by atoms with Crippen molar-refractivity contribution in [1.29, 1.82) is 0 Å². The van der Waals surface area contributed by atoms with Gasteiger partial charge in [-0.15, -0.1) is 0 Å². The monoisotopic (exact) mass is 461 g/mol. The maximum absolute atomic E-state index is 13.1. The number of ketones is 2. The molecule has 2 aromatic carbocycles. The van der Waals surface area contributed by atoms with Gasteiger partial charge < -0.3 is 10.3 Å². The molecule has 5 rings (SSSR count). The number of benzene rings is 2. The van der Waals surface area contributed by atoms with Crippen LogP contribution in [0.3, 0.4) is 0 Å². The molecule has 7 nitrogen and oxygen atoms in total. The molecule has 0 saturated carbocycles. The fourth-order valence-corrected chi connectivity index (χ4v) is 3.97. The maximum Gasteiger partial charge on any atom is 0.195 e. The average molecular weight is 462 g/mol. The zero-order chi connectivity index (χ0) is 24.0. The van der Waals surface area contributed by atoms with Crippen molar-refractivity contribution in [2.75, 3.05) is 5.32 Å². The van der Waals surface area contributed by atoms with Crippen LogP contribution in [0, 0.1) is 0 Å². The van der Waals surface area contributed by atoms with Gasteiger partial charge in [0.05, 0.1) is 10.9 Å². The first-order chi connectivity index (χ1) is 17.2. The number of nitrogens with zero attached hydrogens (tertiary/aromatic N) is 3. The normalized spacial score (nSPS) is 10.9. The van der Waals surface area contributed by atoms with Crippen molar-refractivity contribution in [2.24, 2.45) is 0 Å². The highest BCUT2D eigenvalue weighted by atomic mass is 16.1. The molecule has 0 radical (unpaired) electrons. The Morgan fingerprint density at radius 2 is 1.71 bits per heavy atom. The Morgan fingerprint density at radius 3 is 2.49 bits per heavy atom. The van der Waals surface area contributed by atoms with Gasteiger partial charge in [0.2, 0.25) is 0 Å². The Bertz CT molecular complexity index is 1460. The molecule has 172 valence electrons. The number of carbonyl (C=O) groups is 2. The predicted octanol–water partition coefficient (Wildman–Crippen LogP) is 5.07. The zero-order valence-electron chi connectivity index (χ0n) is 18.9. The van der Waals surface area contributed by atoms with E-state index in [-0.39, 0.29) is 11.6 Å². The van der Waals surface area contributed by atoms with E-state index in [2.05, 4.69) is 25.3 Å². The smallest absolute Gasteiger partial charge is 0.195 e. The lowest BCUT2D eigenvalue weighted by Crippen LogP contribution is -2.05. The molecule has 3 heterocycles. The molecule has 0 unspecified atom stereocenters. The summed E-state index contributed by atoms with van der Waals surface area (Å²) in [6.07, 6.45) is 8.19. The lowest BCUT2D eigenvalue weighted by Gasteiger charge is -2.09. The van der Waals surface area contributed by atoms with Gasteiger partial charge in [-0.3, -0.25) is 14.6 Å². The lowest BCUT2D eigenvalue weighted by atomic mass is 10.0. The quantitative estimate of drug-likeness (QED) is 0.297. The molecule has 3 aromatic heterocycles. The molecule has 0 atom stereocenters. The SMILES string of the molecule is O=C(CCc1cccnc1)Cc1ccc(Nc2ncnc3[nH]cc(C(=O)c4ccccc4)c23)cc1. The molecule has 0 fully saturated rings. The first kappa shape index (κ1) is 22.2. The van der Waals surface area contributed by atoms with E-state index in [0.29, 0.717) is 47.2 Å². The second-order valence-corrected chi connectivity index (χ2v) is 8.24. The van der Waals surface area contributed by atoms with Gasteiger partial charge in [0.15, 0.2) is 5.78 Å². The number of anilines is 2. The van der Waals surface area contributed by atoms with E-state index in [0.717, 1.165) is 16.8 Å². The second-order valence-electron chi connectivity index (χ2n) is 8.24. The molecule has 0 amide bonds. The number of hydrogen-bond acceptors (Lipinski definition) is 6. The number of aromatic amines is 1. The zero-order valence-corrected chi connectivity index (χ0v) is 18.9. The standard InChI is InChI=1S/C28H23N5O2/c34-23(13-10-20-5-4-14-29-16-20)15-19-8-11-22(12-9-19)33-28-25-24(17-30-27(25)31-18-32-28)26(35)21-6-2-1-3-7-21/h1-9,11-12,14,16-18H,10,13,15H2,(H2,30,31,32,33). The highest BCUT2D eigenvalue weighted by Crippen LogP contribution is 2.28. The van der Waals surface area contributed by atoms with Gasteiger partial charge in [-0.05, 0) is 35.7 Å². The molecule has 35 heavy (non-hydrogen) atoms. The van der Waals surface area contributed by atoms with Crippen LogP contribution in [-0.4, -0.2) is 31.5 Å². The number of carbonyl (C=O) groups excluding carboxylic acids is 2. The minimum Gasteiger partial charge on any atom is -0.345 e. The largest absolute Gasteiger partial charge is 0.345 e. The van der Waals surface area contributed by atoms with Crippen LogP contribution in [0.4, 0.5) is 11.5 Å². The van der Waals surface area contributed by atoms with E-state index >= 15 is 0 Å².